The molecule has 1 aromatic rings. The van der Waals surface area contributed by atoms with Crippen molar-refractivity contribution in [1.29, 1.82) is 0 Å². The molecule has 1 rings (SSSR count). The van der Waals surface area contributed by atoms with E-state index in [9.17, 15) is 9.90 Å². The van der Waals surface area contributed by atoms with Gasteiger partial charge in [0.15, 0.2) is 0 Å². The monoisotopic (exact) mass is 222 g/mol. The summed E-state index contributed by atoms with van der Waals surface area (Å²) in [7, 11) is 0. The third kappa shape index (κ3) is 3.26. The Kier molecular flexibility index (Phi) is 3.58. The van der Waals surface area contributed by atoms with Crippen LogP contribution in [0, 0.1) is 11.3 Å². The van der Waals surface area contributed by atoms with Gasteiger partial charge in [0, 0.05) is 0 Å². The van der Waals surface area contributed by atoms with Gasteiger partial charge in [-0.1, -0.05) is 32.9 Å². The number of phenols is 1. The van der Waals surface area contributed by atoms with Crippen LogP contribution in [0.1, 0.15) is 26.3 Å². The summed E-state index contributed by atoms with van der Waals surface area (Å²) in [5.74, 6) is -0.996. The van der Waals surface area contributed by atoms with Gasteiger partial charge in [0.25, 0.3) is 0 Å². The molecule has 0 aromatic heterocycles. The molecule has 0 amide bonds. The maximum Gasteiger partial charge on any atom is 0.307 e. The minimum Gasteiger partial charge on any atom is -0.508 e. The molecule has 1 unspecified atom stereocenters. The zero-order valence-corrected chi connectivity index (χ0v) is 9.90. The number of hydrogen-bond acceptors (Lipinski definition) is 2. The van der Waals surface area contributed by atoms with E-state index in [0.717, 1.165) is 5.56 Å². The van der Waals surface area contributed by atoms with Gasteiger partial charge in [0.2, 0.25) is 0 Å². The number of carboxylic acid groups (broad SMARTS) is 1. The summed E-state index contributed by atoms with van der Waals surface area (Å²) in [4.78, 5) is 11.2. The fourth-order valence-electron chi connectivity index (χ4n) is 1.63. The van der Waals surface area contributed by atoms with Gasteiger partial charge in [-0.05, 0) is 29.5 Å². The van der Waals surface area contributed by atoms with Gasteiger partial charge in [-0.25, -0.2) is 0 Å². The molecular formula is C13H18O3. The van der Waals surface area contributed by atoms with Gasteiger partial charge in [-0.2, -0.15) is 0 Å². The number of hydrogen-bond donors (Lipinski definition) is 2. The van der Waals surface area contributed by atoms with E-state index in [1.807, 2.05) is 20.8 Å². The summed E-state index contributed by atoms with van der Waals surface area (Å²) in [5, 5.41) is 18.3. The molecule has 0 aliphatic heterocycles. The third-order valence-corrected chi connectivity index (χ3v) is 2.72. The summed E-state index contributed by atoms with van der Waals surface area (Å²) in [5.41, 5.74) is 0.657. The molecule has 0 saturated heterocycles. The van der Waals surface area contributed by atoms with Crippen molar-refractivity contribution >= 4 is 5.97 Å². The molecule has 0 saturated carbocycles. The summed E-state index contributed by atoms with van der Waals surface area (Å²) >= 11 is 0. The molecular weight excluding hydrogens is 204 g/mol. The van der Waals surface area contributed by atoms with Crippen LogP contribution in [0.2, 0.25) is 0 Å². The molecule has 16 heavy (non-hydrogen) atoms. The van der Waals surface area contributed by atoms with E-state index in [4.69, 9.17) is 5.11 Å². The highest BCUT2D eigenvalue weighted by Gasteiger charge is 2.30. The molecule has 88 valence electrons. The number of benzene rings is 1. The Labute approximate surface area is 95.7 Å². The van der Waals surface area contributed by atoms with Crippen LogP contribution < -0.4 is 0 Å². The Morgan fingerprint density at radius 1 is 1.25 bits per heavy atom. The minimum atomic E-state index is -0.777. The third-order valence-electron chi connectivity index (χ3n) is 2.72. The molecule has 0 fully saturated rings. The smallest absolute Gasteiger partial charge is 0.307 e. The van der Waals surface area contributed by atoms with Gasteiger partial charge >= 0.3 is 5.97 Å². The second kappa shape index (κ2) is 4.56. The molecule has 0 aliphatic carbocycles. The highest BCUT2D eigenvalue weighted by Crippen LogP contribution is 2.29. The second-order valence-corrected chi connectivity index (χ2v) is 5.13. The van der Waals surface area contributed by atoms with Crippen molar-refractivity contribution < 1.29 is 15.0 Å². The van der Waals surface area contributed by atoms with Crippen LogP contribution in [-0.4, -0.2) is 16.2 Å². The molecule has 3 nitrogen and oxygen atoms in total. The van der Waals surface area contributed by atoms with Crippen molar-refractivity contribution in [2.75, 3.05) is 0 Å². The molecule has 0 radical (unpaired) electrons. The Morgan fingerprint density at radius 2 is 1.75 bits per heavy atom. The number of rotatable bonds is 3. The number of aromatic hydroxyl groups is 1. The SMILES string of the molecule is CC(C)(C)C(Cc1ccc(O)cc1)C(=O)O. The zero-order chi connectivity index (χ0) is 12.3. The fraction of sp³-hybridized carbons (Fsp3) is 0.462. The van der Waals surface area contributed by atoms with Gasteiger partial charge in [0.05, 0.1) is 5.92 Å². The first kappa shape index (κ1) is 12.6. The van der Waals surface area contributed by atoms with Gasteiger partial charge < -0.3 is 10.2 Å². The number of phenolic OH excluding ortho intramolecular Hbond substituents is 1. The predicted molar refractivity (Wildman–Crippen MR) is 62.4 cm³/mol. The molecule has 0 heterocycles. The summed E-state index contributed by atoms with van der Waals surface area (Å²) in [6.07, 6.45) is 0.485. The highest BCUT2D eigenvalue weighted by atomic mass is 16.4. The van der Waals surface area contributed by atoms with Crippen LogP contribution in [0.4, 0.5) is 0 Å². The lowest BCUT2D eigenvalue weighted by Gasteiger charge is -2.27. The van der Waals surface area contributed by atoms with Crippen LogP contribution >= 0.6 is 0 Å². The maximum absolute atomic E-state index is 11.2. The number of aliphatic carboxylic acids is 1. The van der Waals surface area contributed by atoms with Gasteiger partial charge in [-0.15, -0.1) is 0 Å². The van der Waals surface area contributed by atoms with E-state index < -0.39 is 11.9 Å². The van der Waals surface area contributed by atoms with Crippen LogP contribution in [0.25, 0.3) is 0 Å². The molecule has 0 aliphatic rings. The molecule has 1 aromatic carbocycles. The second-order valence-electron chi connectivity index (χ2n) is 5.13. The molecule has 0 spiro atoms. The molecule has 1 atom stereocenters. The van der Waals surface area contributed by atoms with Crippen molar-refractivity contribution in [3.63, 3.8) is 0 Å². The van der Waals surface area contributed by atoms with Crippen LogP contribution in [0.5, 0.6) is 5.75 Å². The van der Waals surface area contributed by atoms with E-state index in [0.29, 0.717) is 6.42 Å². The van der Waals surface area contributed by atoms with Crippen LogP contribution in [0.3, 0.4) is 0 Å². The first-order valence-corrected chi connectivity index (χ1v) is 5.31. The van der Waals surface area contributed by atoms with Crippen molar-refractivity contribution in [1.82, 2.24) is 0 Å². The zero-order valence-electron chi connectivity index (χ0n) is 9.90. The largest absolute Gasteiger partial charge is 0.508 e. The van der Waals surface area contributed by atoms with Crippen molar-refractivity contribution in [3.8, 4) is 5.75 Å². The van der Waals surface area contributed by atoms with E-state index >= 15 is 0 Å². The standard InChI is InChI=1S/C13H18O3/c1-13(2,3)11(12(15)16)8-9-4-6-10(14)7-5-9/h4-7,11,14H,8H2,1-3H3,(H,15,16). The van der Waals surface area contributed by atoms with Crippen molar-refractivity contribution in [3.05, 3.63) is 29.8 Å². The average Bonchev–Trinajstić information content (AvgIpc) is 2.14. The van der Waals surface area contributed by atoms with Crippen LogP contribution in [0.15, 0.2) is 24.3 Å². The molecule has 3 heteroatoms. The fourth-order valence-corrected chi connectivity index (χ4v) is 1.63. The molecule has 0 bridgehead atoms. The number of carbonyl (C=O) groups is 1. The average molecular weight is 222 g/mol. The first-order valence-electron chi connectivity index (χ1n) is 5.31. The summed E-state index contributed by atoms with van der Waals surface area (Å²) < 4.78 is 0. The van der Waals surface area contributed by atoms with Gasteiger partial charge in [-0.3, -0.25) is 4.79 Å². The minimum absolute atomic E-state index is 0.200. The van der Waals surface area contributed by atoms with Crippen molar-refractivity contribution in [2.24, 2.45) is 11.3 Å². The lowest BCUT2D eigenvalue weighted by atomic mass is 9.77. The highest BCUT2D eigenvalue weighted by molar-refractivity contribution is 5.71. The number of carboxylic acids is 1. The Hall–Kier alpha value is -1.51. The molecule has 2 N–H and O–H groups in total. The Balaban J connectivity index is 2.84. The van der Waals surface area contributed by atoms with Crippen molar-refractivity contribution in [2.45, 2.75) is 27.2 Å². The van der Waals surface area contributed by atoms with E-state index in [2.05, 4.69) is 0 Å². The van der Waals surface area contributed by atoms with E-state index in [1.54, 1.807) is 24.3 Å². The predicted octanol–water partition coefficient (Wildman–Crippen LogP) is 2.68. The van der Waals surface area contributed by atoms with E-state index in [-0.39, 0.29) is 11.2 Å². The normalized spacial score (nSPS) is 13.4. The van der Waals surface area contributed by atoms with E-state index in [1.165, 1.54) is 0 Å². The lowest BCUT2D eigenvalue weighted by molar-refractivity contribution is -0.145. The topological polar surface area (TPSA) is 57.5 Å². The summed E-state index contributed by atoms with van der Waals surface area (Å²) in [6.45, 7) is 5.77. The van der Waals surface area contributed by atoms with Crippen LogP contribution in [-0.2, 0) is 11.2 Å². The maximum atomic E-state index is 11.2. The quantitative estimate of drug-likeness (QED) is 0.826. The first-order chi connectivity index (χ1) is 7.30. The summed E-state index contributed by atoms with van der Waals surface area (Å²) in [6, 6.07) is 6.68. The Morgan fingerprint density at radius 3 is 2.12 bits per heavy atom. The van der Waals surface area contributed by atoms with Gasteiger partial charge in [0.1, 0.15) is 5.75 Å². The lowest BCUT2D eigenvalue weighted by Crippen LogP contribution is -2.30. The Bertz CT molecular complexity index is 360.